The van der Waals surface area contributed by atoms with E-state index in [0.717, 1.165) is 18.8 Å². The lowest BCUT2D eigenvalue weighted by molar-refractivity contribution is 0.154. The van der Waals surface area contributed by atoms with Crippen molar-refractivity contribution in [1.82, 2.24) is 5.32 Å². The number of rotatable bonds is 3. The van der Waals surface area contributed by atoms with E-state index in [1.165, 1.54) is 25.7 Å². The van der Waals surface area contributed by atoms with E-state index in [-0.39, 0.29) is 6.10 Å². The SMILES string of the molecule is OC(CNC1=NCCCC1)C1CC1. The van der Waals surface area contributed by atoms with Crippen LogP contribution in [0.25, 0.3) is 0 Å². The second-order valence-corrected chi connectivity index (χ2v) is 4.07. The molecule has 0 spiro atoms. The van der Waals surface area contributed by atoms with Gasteiger partial charge in [-0.15, -0.1) is 0 Å². The minimum absolute atomic E-state index is 0.148. The molecule has 0 amide bonds. The van der Waals surface area contributed by atoms with Crippen LogP contribution in [0.3, 0.4) is 0 Å². The zero-order valence-corrected chi connectivity index (χ0v) is 8.00. The van der Waals surface area contributed by atoms with Crippen LogP contribution in [0.5, 0.6) is 0 Å². The Morgan fingerprint density at radius 1 is 1.46 bits per heavy atom. The Hall–Kier alpha value is -0.570. The highest BCUT2D eigenvalue weighted by Gasteiger charge is 2.29. The van der Waals surface area contributed by atoms with Crippen molar-refractivity contribution < 1.29 is 5.11 Å². The van der Waals surface area contributed by atoms with Gasteiger partial charge in [0.25, 0.3) is 0 Å². The highest BCUT2D eigenvalue weighted by Crippen LogP contribution is 2.32. The number of nitrogens with zero attached hydrogens (tertiary/aromatic N) is 1. The van der Waals surface area contributed by atoms with Gasteiger partial charge < -0.3 is 10.4 Å². The average molecular weight is 182 g/mol. The lowest BCUT2D eigenvalue weighted by Gasteiger charge is -2.16. The highest BCUT2D eigenvalue weighted by molar-refractivity contribution is 5.82. The Kier molecular flexibility index (Phi) is 2.83. The minimum atomic E-state index is -0.148. The predicted molar refractivity (Wildman–Crippen MR) is 52.9 cm³/mol. The van der Waals surface area contributed by atoms with E-state index in [0.29, 0.717) is 12.5 Å². The Morgan fingerprint density at radius 2 is 2.31 bits per heavy atom. The van der Waals surface area contributed by atoms with Crippen molar-refractivity contribution in [2.75, 3.05) is 13.1 Å². The molecule has 0 radical (unpaired) electrons. The number of nitrogens with one attached hydrogen (secondary N) is 1. The fourth-order valence-electron chi connectivity index (χ4n) is 1.71. The maximum Gasteiger partial charge on any atom is 0.0963 e. The molecule has 13 heavy (non-hydrogen) atoms. The van der Waals surface area contributed by atoms with Crippen molar-refractivity contribution in [2.24, 2.45) is 10.9 Å². The molecule has 1 heterocycles. The third-order valence-corrected chi connectivity index (χ3v) is 2.81. The van der Waals surface area contributed by atoms with Crippen molar-refractivity contribution in [2.45, 2.75) is 38.2 Å². The molecule has 0 saturated heterocycles. The van der Waals surface area contributed by atoms with Crippen molar-refractivity contribution in [1.29, 1.82) is 0 Å². The zero-order valence-electron chi connectivity index (χ0n) is 8.00. The molecule has 1 aliphatic carbocycles. The topological polar surface area (TPSA) is 44.6 Å². The molecule has 1 atom stereocenters. The van der Waals surface area contributed by atoms with E-state index in [2.05, 4.69) is 10.3 Å². The molecular weight excluding hydrogens is 164 g/mol. The van der Waals surface area contributed by atoms with Gasteiger partial charge in [0.15, 0.2) is 0 Å². The average Bonchev–Trinajstić information content (AvgIpc) is 2.99. The lowest BCUT2D eigenvalue weighted by atomic mass is 10.1. The van der Waals surface area contributed by atoms with Crippen LogP contribution in [-0.2, 0) is 0 Å². The van der Waals surface area contributed by atoms with Crippen molar-refractivity contribution >= 4 is 5.84 Å². The molecule has 2 rings (SSSR count). The molecule has 0 bridgehead atoms. The first-order valence-electron chi connectivity index (χ1n) is 5.31. The number of amidine groups is 1. The first-order chi connectivity index (χ1) is 6.36. The van der Waals surface area contributed by atoms with E-state index in [9.17, 15) is 5.11 Å². The Balaban J connectivity index is 1.68. The van der Waals surface area contributed by atoms with Crippen LogP contribution in [0.4, 0.5) is 0 Å². The quantitative estimate of drug-likeness (QED) is 0.682. The fourth-order valence-corrected chi connectivity index (χ4v) is 1.71. The molecule has 0 aromatic carbocycles. The number of aliphatic hydroxyl groups excluding tert-OH is 1. The van der Waals surface area contributed by atoms with Crippen molar-refractivity contribution in [3.05, 3.63) is 0 Å². The molecule has 2 aliphatic rings. The first kappa shape index (κ1) is 9.00. The summed E-state index contributed by atoms with van der Waals surface area (Å²) in [5, 5.41) is 12.8. The third kappa shape index (κ3) is 2.69. The predicted octanol–water partition coefficient (Wildman–Crippen LogP) is 0.929. The van der Waals surface area contributed by atoms with Gasteiger partial charge in [-0.2, -0.15) is 0 Å². The monoisotopic (exact) mass is 182 g/mol. The molecular formula is C10H18N2O. The van der Waals surface area contributed by atoms with Crippen LogP contribution < -0.4 is 5.32 Å². The molecule has 1 unspecified atom stereocenters. The summed E-state index contributed by atoms with van der Waals surface area (Å²) >= 11 is 0. The molecule has 1 fully saturated rings. The largest absolute Gasteiger partial charge is 0.391 e. The summed E-state index contributed by atoms with van der Waals surface area (Å²) in [6.45, 7) is 1.66. The lowest BCUT2D eigenvalue weighted by Crippen LogP contribution is -2.34. The maximum atomic E-state index is 9.60. The summed E-state index contributed by atoms with van der Waals surface area (Å²) in [5.41, 5.74) is 0. The van der Waals surface area contributed by atoms with Gasteiger partial charge in [-0.25, -0.2) is 0 Å². The summed E-state index contributed by atoms with van der Waals surface area (Å²) in [6.07, 6.45) is 5.79. The minimum Gasteiger partial charge on any atom is -0.391 e. The smallest absolute Gasteiger partial charge is 0.0963 e. The normalized spacial score (nSPS) is 25.2. The molecule has 2 N–H and O–H groups in total. The van der Waals surface area contributed by atoms with Gasteiger partial charge in [-0.1, -0.05) is 0 Å². The summed E-state index contributed by atoms with van der Waals surface area (Å²) < 4.78 is 0. The number of hydrogen-bond acceptors (Lipinski definition) is 3. The van der Waals surface area contributed by atoms with E-state index < -0.39 is 0 Å². The maximum absolute atomic E-state index is 9.60. The molecule has 3 heteroatoms. The van der Waals surface area contributed by atoms with Gasteiger partial charge in [0.05, 0.1) is 11.9 Å². The summed E-state index contributed by atoms with van der Waals surface area (Å²) in [4.78, 5) is 4.38. The van der Waals surface area contributed by atoms with E-state index in [1.807, 2.05) is 0 Å². The van der Waals surface area contributed by atoms with Gasteiger partial charge >= 0.3 is 0 Å². The molecule has 1 saturated carbocycles. The second kappa shape index (κ2) is 4.09. The molecule has 3 nitrogen and oxygen atoms in total. The zero-order chi connectivity index (χ0) is 9.10. The van der Waals surface area contributed by atoms with Gasteiger partial charge in [0, 0.05) is 19.5 Å². The molecule has 0 aromatic rings. The molecule has 1 aliphatic heterocycles. The van der Waals surface area contributed by atoms with Crippen LogP contribution in [0, 0.1) is 5.92 Å². The van der Waals surface area contributed by atoms with Crippen molar-refractivity contribution in [3.63, 3.8) is 0 Å². The van der Waals surface area contributed by atoms with Crippen LogP contribution in [0.1, 0.15) is 32.1 Å². The van der Waals surface area contributed by atoms with Gasteiger partial charge in [0.1, 0.15) is 0 Å². The van der Waals surface area contributed by atoms with Crippen molar-refractivity contribution in [3.8, 4) is 0 Å². The van der Waals surface area contributed by atoms with E-state index in [1.54, 1.807) is 0 Å². The van der Waals surface area contributed by atoms with Crippen LogP contribution in [-0.4, -0.2) is 30.1 Å². The number of aliphatic imine (C=N–C) groups is 1. The van der Waals surface area contributed by atoms with Crippen LogP contribution in [0.15, 0.2) is 4.99 Å². The van der Waals surface area contributed by atoms with Gasteiger partial charge in [0.2, 0.25) is 0 Å². The molecule has 0 aromatic heterocycles. The number of hydrogen-bond donors (Lipinski definition) is 2. The van der Waals surface area contributed by atoms with E-state index in [4.69, 9.17) is 0 Å². The first-order valence-corrected chi connectivity index (χ1v) is 5.31. The van der Waals surface area contributed by atoms with Crippen LogP contribution in [0.2, 0.25) is 0 Å². The molecule has 74 valence electrons. The standard InChI is InChI=1S/C10H18N2O/c13-9(8-4-5-8)7-12-10-3-1-2-6-11-10/h8-9,13H,1-7H2,(H,11,12). The summed E-state index contributed by atoms with van der Waals surface area (Å²) in [7, 11) is 0. The van der Waals surface area contributed by atoms with Crippen LogP contribution >= 0.6 is 0 Å². The Morgan fingerprint density at radius 3 is 2.92 bits per heavy atom. The third-order valence-electron chi connectivity index (χ3n) is 2.81. The van der Waals surface area contributed by atoms with Gasteiger partial charge in [-0.05, 0) is 31.6 Å². The second-order valence-electron chi connectivity index (χ2n) is 4.07. The fraction of sp³-hybridized carbons (Fsp3) is 0.900. The summed E-state index contributed by atoms with van der Waals surface area (Å²) in [6, 6.07) is 0. The Bertz CT molecular complexity index is 199. The number of aliphatic hydroxyl groups is 1. The summed E-state index contributed by atoms with van der Waals surface area (Å²) in [5.74, 6) is 1.67. The van der Waals surface area contributed by atoms with Gasteiger partial charge in [-0.3, -0.25) is 4.99 Å². The highest BCUT2D eigenvalue weighted by atomic mass is 16.3. The Labute approximate surface area is 79.3 Å². The van der Waals surface area contributed by atoms with E-state index >= 15 is 0 Å².